The van der Waals surface area contributed by atoms with E-state index in [1.165, 1.54) is 22.3 Å². The summed E-state index contributed by atoms with van der Waals surface area (Å²) in [5.41, 5.74) is 12.4. The Kier molecular flexibility index (Phi) is 3.42. The zero-order chi connectivity index (χ0) is 15.0. The highest BCUT2D eigenvalue weighted by molar-refractivity contribution is 5.98. The lowest BCUT2D eigenvalue weighted by Gasteiger charge is -2.28. The summed E-state index contributed by atoms with van der Waals surface area (Å²) in [6, 6.07) is 15.1. The number of aliphatic imine (C=N–C) groups is 1. The van der Waals surface area contributed by atoms with E-state index in [-0.39, 0.29) is 6.04 Å². The molecular formula is C18H21N3. The fourth-order valence-corrected chi connectivity index (χ4v) is 2.85. The first kappa shape index (κ1) is 13.7. The zero-order valence-corrected chi connectivity index (χ0v) is 12.8. The molecule has 0 saturated heterocycles. The number of hydrogen-bond donors (Lipinski definition) is 1. The highest BCUT2D eigenvalue weighted by Gasteiger charge is 2.29. The van der Waals surface area contributed by atoms with Gasteiger partial charge in [-0.1, -0.05) is 36.4 Å². The highest BCUT2D eigenvalue weighted by Crippen LogP contribution is 2.33. The van der Waals surface area contributed by atoms with E-state index in [0.29, 0.717) is 12.5 Å². The smallest absolute Gasteiger partial charge is 0.196 e. The van der Waals surface area contributed by atoms with Crippen molar-refractivity contribution in [2.45, 2.75) is 26.8 Å². The monoisotopic (exact) mass is 279 g/mol. The number of aryl methyl sites for hydroxylation is 3. The Bertz CT molecular complexity index is 703. The van der Waals surface area contributed by atoms with Gasteiger partial charge in [-0.2, -0.15) is 0 Å². The Morgan fingerprint density at radius 1 is 1.00 bits per heavy atom. The van der Waals surface area contributed by atoms with Crippen LogP contribution in [0.2, 0.25) is 0 Å². The minimum atomic E-state index is 0.186. The van der Waals surface area contributed by atoms with Gasteiger partial charge in [0.05, 0.1) is 12.6 Å². The van der Waals surface area contributed by atoms with Crippen LogP contribution in [-0.4, -0.2) is 12.5 Å². The van der Waals surface area contributed by atoms with Crippen LogP contribution in [0.25, 0.3) is 0 Å². The second-order valence-corrected chi connectivity index (χ2v) is 5.71. The Balaban J connectivity index is 2.03. The molecule has 21 heavy (non-hydrogen) atoms. The van der Waals surface area contributed by atoms with Crippen LogP contribution in [0.3, 0.4) is 0 Å². The third kappa shape index (κ3) is 2.40. The fraction of sp³-hybridized carbons (Fsp3) is 0.278. The van der Waals surface area contributed by atoms with Crippen molar-refractivity contribution in [1.82, 2.24) is 0 Å². The highest BCUT2D eigenvalue weighted by atomic mass is 15.3. The topological polar surface area (TPSA) is 41.6 Å². The van der Waals surface area contributed by atoms with Crippen molar-refractivity contribution >= 4 is 11.6 Å². The Labute approximate surface area is 126 Å². The number of hydrogen-bond acceptors (Lipinski definition) is 3. The van der Waals surface area contributed by atoms with E-state index in [9.17, 15) is 0 Å². The van der Waals surface area contributed by atoms with Crippen LogP contribution in [-0.2, 0) is 0 Å². The molecule has 0 aliphatic carbocycles. The quantitative estimate of drug-likeness (QED) is 0.914. The first-order valence-corrected chi connectivity index (χ1v) is 7.30. The lowest BCUT2D eigenvalue weighted by molar-refractivity contribution is 0.765. The van der Waals surface area contributed by atoms with Gasteiger partial charge in [0.15, 0.2) is 5.96 Å². The molecule has 3 heteroatoms. The van der Waals surface area contributed by atoms with Gasteiger partial charge in [0.1, 0.15) is 0 Å². The summed E-state index contributed by atoms with van der Waals surface area (Å²) in [6.45, 7) is 7.11. The largest absolute Gasteiger partial charge is 0.369 e. The van der Waals surface area contributed by atoms with Crippen molar-refractivity contribution in [3.05, 3.63) is 64.7 Å². The molecule has 2 N–H and O–H groups in total. The molecule has 1 aliphatic rings. The second-order valence-electron chi connectivity index (χ2n) is 5.71. The van der Waals surface area contributed by atoms with E-state index in [4.69, 9.17) is 5.73 Å². The first-order chi connectivity index (χ1) is 10.1. The van der Waals surface area contributed by atoms with E-state index < -0.39 is 0 Å². The Morgan fingerprint density at radius 3 is 2.48 bits per heavy atom. The molecule has 3 nitrogen and oxygen atoms in total. The van der Waals surface area contributed by atoms with Gasteiger partial charge in [-0.15, -0.1) is 0 Å². The molecule has 0 aromatic heterocycles. The third-order valence-corrected chi connectivity index (χ3v) is 4.28. The molecule has 0 radical (unpaired) electrons. The predicted octanol–water partition coefficient (Wildman–Crippen LogP) is 3.49. The Hall–Kier alpha value is -2.29. The van der Waals surface area contributed by atoms with Gasteiger partial charge in [-0.3, -0.25) is 4.99 Å². The average molecular weight is 279 g/mol. The van der Waals surface area contributed by atoms with E-state index in [1.807, 2.05) is 12.1 Å². The number of nitrogens with zero attached hydrogens (tertiary/aromatic N) is 2. The molecule has 3 rings (SSSR count). The van der Waals surface area contributed by atoms with Gasteiger partial charge >= 0.3 is 0 Å². The molecule has 1 heterocycles. The average Bonchev–Trinajstić information content (AvgIpc) is 2.84. The standard InChI is InChI=1S/C18H21N3/c1-12-8-9-15(10-14(12)3)17-11-20-18(19)21(17)16-7-5-4-6-13(16)2/h4-10,17H,11H2,1-3H3,(H2,19,20). The van der Waals surface area contributed by atoms with Crippen molar-refractivity contribution in [2.24, 2.45) is 10.7 Å². The molecular weight excluding hydrogens is 258 g/mol. The van der Waals surface area contributed by atoms with Gasteiger partial charge in [0.25, 0.3) is 0 Å². The molecule has 1 unspecified atom stereocenters. The molecule has 2 aromatic carbocycles. The van der Waals surface area contributed by atoms with Crippen molar-refractivity contribution < 1.29 is 0 Å². The molecule has 2 aromatic rings. The van der Waals surface area contributed by atoms with Crippen molar-refractivity contribution in [2.75, 3.05) is 11.4 Å². The zero-order valence-electron chi connectivity index (χ0n) is 12.8. The van der Waals surface area contributed by atoms with Gasteiger partial charge in [-0.25, -0.2) is 0 Å². The summed E-state index contributed by atoms with van der Waals surface area (Å²) in [5.74, 6) is 0.604. The van der Waals surface area contributed by atoms with Gasteiger partial charge in [-0.05, 0) is 49.1 Å². The maximum atomic E-state index is 6.15. The predicted molar refractivity (Wildman–Crippen MR) is 88.8 cm³/mol. The van der Waals surface area contributed by atoms with E-state index in [2.05, 4.69) is 61.0 Å². The summed E-state index contributed by atoms with van der Waals surface area (Å²) in [6.07, 6.45) is 0. The van der Waals surface area contributed by atoms with Crippen molar-refractivity contribution in [1.29, 1.82) is 0 Å². The van der Waals surface area contributed by atoms with E-state index in [0.717, 1.165) is 5.69 Å². The van der Waals surface area contributed by atoms with Crippen LogP contribution in [0, 0.1) is 20.8 Å². The molecule has 0 spiro atoms. The summed E-state index contributed by atoms with van der Waals surface area (Å²) >= 11 is 0. The maximum absolute atomic E-state index is 6.15. The number of para-hydroxylation sites is 1. The van der Waals surface area contributed by atoms with Crippen LogP contribution in [0.1, 0.15) is 28.3 Å². The summed E-state index contributed by atoms with van der Waals surface area (Å²) < 4.78 is 0. The fourth-order valence-electron chi connectivity index (χ4n) is 2.85. The van der Waals surface area contributed by atoms with Crippen LogP contribution < -0.4 is 10.6 Å². The molecule has 1 atom stereocenters. The van der Waals surface area contributed by atoms with E-state index in [1.54, 1.807) is 0 Å². The van der Waals surface area contributed by atoms with Gasteiger partial charge in [0, 0.05) is 5.69 Å². The lowest BCUT2D eigenvalue weighted by Crippen LogP contribution is -2.36. The minimum Gasteiger partial charge on any atom is -0.369 e. The first-order valence-electron chi connectivity index (χ1n) is 7.30. The number of nitrogens with two attached hydrogens (primary N) is 1. The maximum Gasteiger partial charge on any atom is 0.196 e. The minimum absolute atomic E-state index is 0.186. The third-order valence-electron chi connectivity index (χ3n) is 4.28. The number of guanidine groups is 1. The van der Waals surface area contributed by atoms with Gasteiger partial charge in [0.2, 0.25) is 0 Å². The number of rotatable bonds is 2. The van der Waals surface area contributed by atoms with Crippen LogP contribution in [0.5, 0.6) is 0 Å². The SMILES string of the molecule is Cc1ccc(C2CN=C(N)N2c2ccccc2C)cc1C. The Morgan fingerprint density at radius 2 is 1.76 bits per heavy atom. The number of anilines is 1. The molecule has 0 fully saturated rings. The molecule has 1 aliphatic heterocycles. The van der Waals surface area contributed by atoms with Gasteiger partial charge < -0.3 is 10.6 Å². The second kappa shape index (κ2) is 5.24. The summed E-state index contributed by atoms with van der Waals surface area (Å²) in [4.78, 5) is 6.62. The van der Waals surface area contributed by atoms with Crippen molar-refractivity contribution in [3.63, 3.8) is 0 Å². The molecule has 108 valence electrons. The molecule has 0 saturated carbocycles. The van der Waals surface area contributed by atoms with Crippen LogP contribution in [0.15, 0.2) is 47.5 Å². The summed E-state index contributed by atoms with van der Waals surface area (Å²) in [7, 11) is 0. The normalized spacial score (nSPS) is 18.0. The molecule has 0 amide bonds. The van der Waals surface area contributed by atoms with Crippen LogP contribution in [0.4, 0.5) is 5.69 Å². The van der Waals surface area contributed by atoms with E-state index >= 15 is 0 Å². The summed E-state index contributed by atoms with van der Waals surface area (Å²) in [5, 5.41) is 0. The van der Waals surface area contributed by atoms with Crippen LogP contribution >= 0.6 is 0 Å². The number of benzene rings is 2. The lowest BCUT2D eigenvalue weighted by atomic mass is 9.99. The molecule has 0 bridgehead atoms. The van der Waals surface area contributed by atoms with Crippen molar-refractivity contribution in [3.8, 4) is 0 Å².